The number of carbonyl (C=O) groups excluding carboxylic acids is 1. The van der Waals surface area contributed by atoms with E-state index in [0.29, 0.717) is 5.69 Å². The number of hydrogen-bond donors (Lipinski definition) is 2. The smallest absolute Gasteiger partial charge is 0.238 e. The molecule has 3 aromatic rings. The molecular formula is C22H24N4O3S2. The summed E-state index contributed by atoms with van der Waals surface area (Å²) < 4.78 is 24.9. The van der Waals surface area contributed by atoms with Gasteiger partial charge in [-0.2, -0.15) is 0 Å². The monoisotopic (exact) mass is 456 g/mol. The number of nitrogens with zero attached hydrogens (tertiary/aromatic N) is 2. The van der Waals surface area contributed by atoms with E-state index in [1.807, 2.05) is 25.1 Å². The number of benzene rings is 2. The Bertz CT molecular complexity index is 1190. The number of nitrogens with two attached hydrogens (primary N) is 1. The van der Waals surface area contributed by atoms with Crippen molar-refractivity contribution < 1.29 is 13.2 Å². The Morgan fingerprint density at radius 3 is 2.45 bits per heavy atom. The molecule has 1 aromatic heterocycles. The van der Waals surface area contributed by atoms with Crippen molar-refractivity contribution in [3.63, 3.8) is 0 Å². The van der Waals surface area contributed by atoms with Gasteiger partial charge in [-0.3, -0.25) is 9.36 Å². The number of aryl methyl sites for hydroxylation is 1. The molecule has 1 atom stereocenters. The molecule has 0 radical (unpaired) electrons. The van der Waals surface area contributed by atoms with E-state index in [-0.39, 0.29) is 10.8 Å². The van der Waals surface area contributed by atoms with E-state index in [1.54, 1.807) is 0 Å². The highest BCUT2D eigenvalue weighted by Gasteiger charge is 2.24. The predicted molar refractivity (Wildman–Crippen MR) is 122 cm³/mol. The topological polar surface area (TPSA) is 107 Å². The molecule has 31 heavy (non-hydrogen) atoms. The number of imidazole rings is 1. The lowest BCUT2D eigenvalue weighted by Crippen LogP contribution is -2.23. The molecule has 0 bridgehead atoms. The Kier molecular flexibility index (Phi) is 6.17. The molecule has 0 aliphatic heterocycles. The maximum Gasteiger partial charge on any atom is 0.238 e. The maximum atomic E-state index is 12.8. The van der Waals surface area contributed by atoms with Gasteiger partial charge in [-0.05, 0) is 69.0 Å². The molecule has 0 spiro atoms. The van der Waals surface area contributed by atoms with Gasteiger partial charge in [0.25, 0.3) is 0 Å². The van der Waals surface area contributed by atoms with E-state index in [2.05, 4.69) is 22.0 Å². The maximum absolute atomic E-state index is 12.8. The average molecular weight is 457 g/mol. The molecule has 4 rings (SSSR count). The second-order valence-corrected chi connectivity index (χ2v) is 10.4. The van der Waals surface area contributed by atoms with Gasteiger partial charge in [-0.25, -0.2) is 18.5 Å². The van der Waals surface area contributed by atoms with Crippen molar-refractivity contribution >= 4 is 33.4 Å². The zero-order chi connectivity index (χ0) is 22.0. The lowest BCUT2D eigenvalue weighted by atomic mass is 10.0. The fourth-order valence-corrected chi connectivity index (χ4v) is 5.10. The van der Waals surface area contributed by atoms with Crippen molar-refractivity contribution in [3.05, 3.63) is 66.0 Å². The number of rotatable bonds is 6. The fourth-order valence-electron chi connectivity index (χ4n) is 3.62. The van der Waals surface area contributed by atoms with Crippen LogP contribution in [0.2, 0.25) is 0 Å². The molecule has 1 aliphatic rings. The van der Waals surface area contributed by atoms with Crippen LogP contribution in [0.1, 0.15) is 31.2 Å². The molecule has 9 heteroatoms. The van der Waals surface area contributed by atoms with Crippen LogP contribution in [0.3, 0.4) is 0 Å². The van der Waals surface area contributed by atoms with Crippen LogP contribution in [0, 0.1) is 0 Å². The molecule has 1 unspecified atom stereocenters. The Labute approximate surface area is 186 Å². The summed E-state index contributed by atoms with van der Waals surface area (Å²) in [6, 6.07) is 15.9. The van der Waals surface area contributed by atoms with Crippen LogP contribution in [0.4, 0.5) is 5.69 Å². The van der Waals surface area contributed by atoms with Crippen LogP contribution in [0.5, 0.6) is 0 Å². The molecule has 0 saturated carbocycles. The average Bonchev–Trinajstić information content (AvgIpc) is 3.11. The van der Waals surface area contributed by atoms with E-state index < -0.39 is 15.3 Å². The third-order valence-corrected chi connectivity index (χ3v) is 7.20. The third kappa shape index (κ3) is 4.84. The second kappa shape index (κ2) is 8.86. The summed E-state index contributed by atoms with van der Waals surface area (Å²) in [5, 5.41) is 8.36. The van der Waals surface area contributed by atoms with Crippen molar-refractivity contribution in [3.8, 4) is 5.69 Å². The number of fused-ring (bicyclic) bond motifs is 1. The normalized spacial score (nSPS) is 14.6. The first-order valence-corrected chi connectivity index (χ1v) is 12.5. The number of para-hydroxylation sites is 1. The molecule has 1 amide bonds. The quantitative estimate of drug-likeness (QED) is 0.552. The summed E-state index contributed by atoms with van der Waals surface area (Å²) in [4.78, 5) is 17.6. The minimum atomic E-state index is -3.77. The number of anilines is 1. The first kappa shape index (κ1) is 21.6. The van der Waals surface area contributed by atoms with Crippen LogP contribution < -0.4 is 10.5 Å². The summed E-state index contributed by atoms with van der Waals surface area (Å²) in [5.74, 6) is -0.186. The molecule has 0 saturated heterocycles. The molecule has 7 nitrogen and oxygen atoms in total. The lowest BCUT2D eigenvalue weighted by Gasteiger charge is -2.16. The molecular weight excluding hydrogens is 432 g/mol. The number of thioether (sulfide) groups is 1. The van der Waals surface area contributed by atoms with Crippen molar-refractivity contribution in [1.29, 1.82) is 0 Å². The Balaban J connectivity index is 1.54. The summed E-state index contributed by atoms with van der Waals surface area (Å²) in [6.07, 6.45) is 4.21. The van der Waals surface area contributed by atoms with Crippen molar-refractivity contribution in [2.75, 3.05) is 5.32 Å². The summed E-state index contributed by atoms with van der Waals surface area (Å²) >= 11 is 1.42. The third-order valence-electron chi connectivity index (χ3n) is 5.22. The van der Waals surface area contributed by atoms with Crippen LogP contribution in [0.25, 0.3) is 5.69 Å². The van der Waals surface area contributed by atoms with Crippen LogP contribution in [-0.2, 0) is 27.7 Å². The number of aromatic nitrogens is 2. The van der Waals surface area contributed by atoms with Gasteiger partial charge in [0, 0.05) is 17.1 Å². The van der Waals surface area contributed by atoms with Crippen molar-refractivity contribution in [2.45, 2.75) is 47.9 Å². The van der Waals surface area contributed by atoms with Gasteiger partial charge < -0.3 is 5.32 Å². The van der Waals surface area contributed by atoms with E-state index in [0.717, 1.165) is 42.2 Å². The number of carbonyl (C=O) groups is 1. The SMILES string of the molecule is CC(Sc1nc2c(n1-c1ccccc1)CCCC2)C(=O)Nc1ccc(S(N)(=O)=O)cc1. The largest absolute Gasteiger partial charge is 0.325 e. The van der Waals surface area contributed by atoms with Crippen molar-refractivity contribution in [2.24, 2.45) is 5.14 Å². The van der Waals surface area contributed by atoms with E-state index >= 15 is 0 Å². The minimum Gasteiger partial charge on any atom is -0.325 e. The van der Waals surface area contributed by atoms with E-state index in [4.69, 9.17) is 10.1 Å². The van der Waals surface area contributed by atoms with Crippen molar-refractivity contribution in [1.82, 2.24) is 9.55 Å². The molecule has 1 heterocycles. The highest BCUT2D eigenvalue weighted by atomic mass is 32.2. The van der Waals surface area contributed by atoms with Crippen LogP contribution in [-0.4, -0.2) is 29.1 Å². The lowest BCUT2D eigenvalue weighted by molar-refractivity contribution is -0.115. The number of sulfonamides is 1. The number of nitrogens with one attached hydrogen (secondary N) is 1. The zero-order valence-corrected chi connectivity index (χ0v) is 18.7. The van der Waals surface area contributed by atoms with Gasteiger partial charge >= 0.3 is 0 Å². The Hall–Kier alpha value is -2.62. The number of amides is 1. The van der Waals surface area contributed by atoms with E-state index in [1.165, 1.54) is 41.7 Å². The predicted octanol–water partition coefficient (Wildman–Crippen LogP) is 3.52. The van der Waals surface area contributed by atoms with Gasteiger partial charge in [-0.15, -0.1) is 0 Å². The summed E-state index contributed by atoms with van der Waals surface area (Å²) in [5.41, 5.74) is 3.90. The van der Waals surface area contributed by atoms with Crippen LogP contribution >= 0.6 is 11.8 Å². The fraction of sp³-hybridized carbons (Fsp3) is 0.273. The molecule has 0 fully saturated rings. The second-order valence-electron chi connectivity index (χ2n) is 7.48. The molecule has 3 N–H and O–H groups in total. The summed E-state index contributed by atoms with van der Waals surface area (Å²) in [6.45, 7) is 1.84. The first-order valence-electron chi connectivity index (χ1n) is 10.1. The minimum absolute atomic E-state index is 0.00314. The Morgan fingerprint density at radius 2 is 1.77 bits per heavy atom. The highest BCUT2D eigenvalue weighted by molar-refractivity contribution is 8.00. The first-order chi connectivity index (χ1) is 14.8. The van der Waals surface area contributed by atoms with Gasteiger partial charge in [0.05, 0.1) is 15.8 Å². The Morgan fingerprint density at radius 1 is 1.10 bits per heavy atom. The molecule has 2 aromatic carbocycles. The summed E-state index contributed by atoms with van der Waals surface area (Å²) in [7, 11) is -3.77. The number of hydrogen-bond acceptors (Lipinski definition) is 5. The number of primary sulfonamides is 1. The molecule has 1 aliphatic carbocycles. The van der Waals surface area contributed by atoms with E-state index in [9.17, 15) is 13.2 Å². The van der Waals surface area contributed by atoms with Gasteiger partial charge in [0.2, 0.25) is 15.9 Å². The molecule has 162 valence electrons. The van der Waals surface area contributed by atoms with Gasteiger partial charge in [-0.1, -0.05) is 30.0 Å². The van der Waals surface area contributed by atoms with Crippen LogP contribution in [0.15, 0.2) is 64.6 Å². The van der Waals surface area contributed by atoms with Gasteiger partial charge in [0.15, 0.2) is 5.16 Å². The van der Waals surface area contributed by atoms with Gasteiger partial charge in [0.1, 0.15) is 0 Å². The zero-order valence-electron chi connectivity index (χ0n) is 17.1. The highest BCUT2D eigenvalue weighted by Crippen LogP contribution is 2.32. The standard InChI is InChI=1S/C22H24N4O3S2/c1-15(21(27)24-16-11-13-18(14-12-16)31(23,28)29)30-22-25-19-9-5-6-10-20(19)26(22)17-7-3-2-4-8-17/h2-4,7-8,11-15H,5-6,9-10H2,1H3,(H,24,27)(H2,23,28,29).